The molecule has 0 radical (unpaired) electrons. The number of piperidine rings is 1. The second kappa shape index (κ2) is 20.1. The second-order valence-corrected chi connectivity index (χ2v) is 12.1. The summed E-state index contributed by atoms with van der Waals surface area (Å²) < 4.78 is 56.8. The van der Waals surface area contributed by atoms with E-state index in [0.29, 0.717) is 62.1 Å². The summed E-state index contributed by atoms with van der Waals surface area (Å²) in [5.74, 6) is -3.17. The summed E-state index contributed by atoms with van der Waals surface area (Å²) in [5.41, 5.74) is 8.80. The highest BCUT2D eigenvalue weighted by molar-refractivity contribution is 5.99. The second-order valence-electron chi connectivity index (χ2n) is 12.1. The maximum absolute atomic E-state index is 13.4. The van der Waals surface area contributed by atoms with Gasteiger partial charge < -0.3 is 24.8 Å². The van der Waals surface area contributed by atoms with Gasteiger partial charge in [0.15, 0.2) is 12.1 Å². The van der Waals surface area contributed by atoms with Gasteiger partial charge in [-0.2, -0.15) is 13.2 Å². The van der Waals surface area contributed by atoms with E-state index >= 15 is 0 Å². The van der Waals surface area contributed by atoms with Crippen molar-refractivity contribution in [1.82, 2.24) is 15.1 Å². The Kier molecular flexibility index (Phi) is 16.3. The Labute approximate surface area is 288 Å². The molecule has 1 unspecified atom stereocenters. The monoisotopic (exact) mass is 691 g/mol. The van der Waals surface area contributed by atoms with Crippen molar-refractivity contribution in [2.45, 2.75) is 84.2 Å². The topological polar surface area (TPSA) is 119 Å². The van der Waals surface area contributed by atoms with Crippen LogP contribution in [0.3, 0.4) is 0 Å². The minimum atomic E-state index is -5.30. The van der Waals surface area contributed by atoms with E-state index < -0.39 is 24.2 Å². The molecule has 1 saturated heterocycles. The molecule has 0 spiro atoms. The minimum absolute atomic E-state index is 0.260. The number of ether oxygens (including phenoxy) is 3. The molecule has 0 aromatic heterocycles. The maximum atomic E-state index is 13.4. The Morgan fingerprint density at radius 3 is 2.35 bits per heavy atom. The number of hydrogen-bond acceptors (Lipinski definition) is 8. The lowest BCUT2D eigenvalue weighted by atomic mass is 9.93. The number of amides is 1. The first-order valence-electron chi connectivity index (χ1n) is 17.2. The number of guanidine groups is 1. The predicted molar refractivity (Wildman–Crippen MR) is 184 cm³/mol. The third kappa shape index (κ3) is 12.3. The van der Waals surface area contributed by atoms with Crippen LogP contribution in [0.1, 0.15) is 64.0 Å². The lowest BCUT2D eigenvalue weighted by molar-refractivity contribution is -0.205. The van der Waals surface area contributed by atoms with Gasteiger partial charge in [-0.15, -0.1) is 0 Å². The average Bonchev–Trinajstić information content (AvgIpc) is 3.08. The van der Waals surface area contributed by atoms with Gasteiger partial charge in [-0.3, -0.25) is 20.0 Å². The number of carbonyl (C=O) groups excluding carboxylic acids is 2. The van der Waals surface area contributed by atoms with Crippen LogP contribution in [-0.2, 0) is 32.0 Å². The van der Waals surface area contributed by atoms with Crippen molar-refractivity contribution in [2.75, 3.05) is 53.0 Å². The number of likely N-dealkylation sites (tertiary alicyclic amines) is 1. The zero-order valence-corrected chi connectivity index (χ0v) is 29.2. The minimum Gasteiger partial charge on any atom is -0.493 e. The van der Waals surface area contributed by atoms with Crippen molar-refractivity contribution >= 4 is 17.8 Å². The van der Waals surface area contributed by atoms with Gasteiger partial charge in [-0.1, -0.05) is 69.7 Å². The van der Waals surface area contributed by atoms with E-state index in [-0.39, 0.29) is 12.4 Å². The summed E-state index contributed by atoms with van der Waals surface area (Å²) in [7, 11) is 1.61. The van der Waals surface area contributed by atoms with Gasteiger partial charge in [0.05, 0.1) is 6.61 Å². The zero-order valence-electron chi connectivity index (χ0n) is 29.2. The third-order valence-electron chi connectivity index (χ3n) is 8.67. The number of methoxy groups -OCH3 is 1. The fraction of sp³-hybridized carbons (Fsp3) is 0.583. The van der Waals surface area contributed by atoms with Crippen LogP contribution in [0.25, 0.3) is 11.1 Å². The molecule has 10 nitrogen and oxygen atoms in total. The smallest absolute Gasteiger partial charge is 0.490 e. The summed E-state index contributed by atoms with van der Waals surface area (Å²) in [6.07, 6.45) is -3.41. The molecule has 49 heavy (non-hydrogen) atoms. The number of unbranched alkanes of at least 4 members (excludes halogenated alkanes) is 1. The van der Waals surface area contributed by atoms with Gasteiger partial charge in [0, 0.05) is 56.8 Å². The number of halogens is 3. The molecule has 3 rings (SSSR count). The fourth-order valence-corrected chi connectivity index (χ4v) is 6.01. The zero-order chi connectivity index (χ0) is 35.8. The van der Waals surface area contributed by atoms with Gasteiger partial charge in [-0.25, -0.2) is 4.79 Å². The van der Waals surface area contributed by atoms with Crippen LogP contribution in [0.15, 0.2) is 47.5 Å². The molecule has 272 valence electrons. The Morgan fingerprint density at radius 1 is 1.04 bits per heavy atom. The maximum Gasteiger partial charge on any atom is 0.490 e. The Hall–Kier alpha value is -3.68. The Bertz CT molecular complexity index is 1350. The van der Waals surface area contributed by atoms with Crippen molar-refractivity contribution < 1.29 is 37.0 Å². The molecule has 1 fully saturated rings. The van der Waals surface area contributed by atoms with Crippen LogP contribution in [0.4, 0.5) is 13.2 Å². The molecule has 1 aliphatic rings. The van der Waals surface area contributed by atoms with Crippen LogP contribution < -0.4 is 15.8 Å². The predicted octanol–water partition coefficient (Wildman–Crippen LogP) is 5.32. The van der Waals surface area contributed by atoms with Crippen molar-refractivity contribution in [2.24, 2.45) is 10.7 Å². The van der Waals surface area contributed by atoms with Gasteiger partial charge in [0.1, 0.15) is 5.75 Å². The first-order chi connectivity index (χ1) is 23.5. The molecule has 0 bridgehead atoms. The largest absolute Gasteiger partial charge is 0.493 e. The number of nitrogens with two attached hydrogens (primary N) is 1. The summed E-state index contributed by atoms with van der Waals surface area (Å²) in [5, 5.41) is 2.33. The van der Waals surface area contributed by atoms with Gasteiger partial charge in [0.25, 0.3) is 5.91 Å². The third-order valence-corrected chi connectivity index (χ3v) is 8.67. The lowest BCUT2D eigenvalue weighted by Crippen LogP contribution is -2.47. The molecule has 2 aromatic carbocycles. The normalized spacial score (nSPS) is 15.3. The molecule has 1 heterocycles. The van der Waals surface area contributed by atoms with Gasteiger partial charge in [0.2, 0.25) is 0 Å². The van der Waals surface area contributed by atoms with Gasteiger partial charge in [-0.05, 0) is 56.6 Å². The number of aliphatic imine (C=N–C) groups is 1. The molecule has 1 amide bonds. The van der Waals surface area contributed by atoms with E-state index in [9.17, 15) is 22.8 Å². The number of hydrogen-bond donors (Lipinski definition) is 2. The first kappa shape index (κ1) is 39.8. The van der Waals surface area contributed by atoms with Crippen LogP contribution in [0.5, 0.6) is 5.75 Å². The molecule has 0 aliphatic carbocycles. The SMILES string of the molecule is CCCCN=C(N)NC(=O)C(Cc1ccc(-c2ccccc2)c(OCCCOC)c1CN1CCC(N(CC)CC)CC1)OC(=O)C(F)(F)F. The highest BCUT2D eigenvalue weighted by Gasteiger charge is 2.43. The molecule has 1 atom stereocenters. The van der Waals surface area contributed by atoms with Crippen LogP contribution >= 0.6 is 0 Å². The van der Waals surface area contributed by atoms with Crippen LogP contribution in [0.2, 0.25) is 0 Å². The Balaban J connectivity index is 2.07. The summed E-state index contributed by atoms with van der Waals surface area (Å²) in [6, 6.07) is 13.7. The molecule has 13 heteroatoms. The average molecular weight is 692 g/mol. The van der Waals surface area contributed by atoms with Crippen molar-refractivity contribution in [3.8, 4) is 16.9 Å². The van der Waals surface area contributed by atoms with Gasteiger partial charge >= 0.3 is 12.1 Å². The van der Waals surface area contributed by atoms with Crippen LogP contribution in [-0.4, -0.2) is 99.0 Å². The lowest BCUT2D eigenvalue weighted by Gasteiger charge is -2.38. The van der Waals surface area contributed by atoms with E-state index in [1.165, 1.54) is 0 Å². The molecule has 2 aromatic rings. The van der Waals surface area contributed by atoms with E-state index in [0.717, 1.165) is 56.6 Å². The van der Waals surface area contributed by atoms with E-state index in [1.54, 1.807) is 13.2 Å². The fourth-order valence-electron chi connectivity index (χ4n) is 6.01. The van der Waals surface area contributed by atoms with E-state index in [4.69, 9.17) is 19.9 Å². The van der Waals surface area contributed by atoms with Crippen LogP contribution in [0, 0.1) is 0 Å². The quantitative estimate of drug-likeness (QED) is 0.0934. The number of nitrogens with zero attached hydrogens (tertiary/aromatic N) is 3. The van der Waals surface area contributed by atoms with Crippen molar-refractivity contribution in [3.05, 3.63) is 53.6 Å². The number of alkyl halides is 3. The molecule has 3 N–H and O–H groups in total. The number of esters is 1. The Morgan fingerprint density at radius 2 is 1.73 bits per heavy atom. The molecule has 1 aliphatic heterocycles. The number of rotatable bonds is 18. The highest BCUT2D eigenvalue weighted by Crippen LogP contribution is 2.38. The number of benzene rings is 2. The number of nitrogens with one attached hydrogen (secondary N) is 1. The van der Waals surface area contributed by atoms with E-state index in [1.807, 2.05) is 43.3 Å². The van der Waals surface area contributed by atoms with E-state index in [2.05, 4.69) is 34.0 Å². The standard InChI is InChI=1S/C36H52F3N5O5/c1-5-8-19-41-35(40)42-33(45)31(49-34(46)36(37,38)39)24-27-15-16-29(26-13-10-9-11-14-26)32(48-23-12-22-47-4)30(27)25-43-20-17-28(18-21-43)44(6-2)7-3/h9-11,13-16,28,31H,5-8,12,17-25H2,1-4H3,(H3,40,41,42,45). The summed E-state index contributed by atoms with van der Waals surface area (Å²) in [4.78, 5) is 34.2. The van der Waals surface area contributed by atoms with Crippen molar-refractivity contribution in [1.29, 1.82) is 0 Å². The first-order valence-corrected chi connectivity index (χ1v) is 17.2. The highest BCUT2D eigenvalue weighted by atomic mass is 19.4. The molecule has 0 saturated carbocycles. The molecular weight excluding hydrogens is 639 g/mol. The summed E-state index contributed by atoms with van der Waals surface area (Å²) >= 11 is 0. The summed E-state index contributed by atoms with van der Waals surface area (Å²) in [6.45, 7) is 11.4. The number of carbonyl (C=O) groups is 2. The van der Waals surface area contributed by atoms with Crippen molar-refractivity contribution in [3.63, 3.8) is 0 Å². The molecular formula is C36H52F3N5O5.